The summed E-state index contributed by atoms with van der Waals surface area (Å²) in [6.45, 7) is 0.774. The number of ether oxygens (including phenoxy) is 1. The third-order valence-electron chi connectivity index (χ3n) is 5.63. The highest BCUT2D eigenvalue weighted by molar-refractivity contribution is 5.78. The number of rotatable bonds is 7. The molecule has 3 heterocycles. The van der Waals surface area contributed by atoms with E-state index >= 15 is 0 Å². The second-order valence-corrected chi connectivity index (χ2v) is 8.49. The number of carbonyl (C=O) groups is 1. The summed E-state index contributed by atoms with van der Waals surface area (Å²) in [6.07, 6.45) is 7.58. The maximum absolute atomic E-state index is 13.6. The zero-order chi connectivity index (χ0) is 24.6. The molecule has 1 saturated carbocycles. The number of hydrogen-bond acceptors (Lipinski definition) is 7. The molecular weight excluding hydrogens is 454 g/mol. The summed E-state index contributed by atoms with van der Waals surface area (Å²) in [6, 6.07) is 11.0. The Morgan fingerprint density at radius 2 is 1.80 bits per heavy atom. The summed E-state index contributed by atoms with van der Waals surface area (Å²) in [5.74, 6) is -2.00. The largest absolute Gasteiger partial charge is 0.426 e. The number of nitrogens with zero attached hydrogens (tertiary/aromatic N) is 5. The van der Waals surface area contributed by atoms with Crippen molar-refractivity contribution in [3.8, 4) is 28.1 Å². The molecule has 1 fully saturated rings. The van der Waals surface area contributed by atoms with Crippen LogP contribution in [0, 0.1) is 5.92 Å². The van der Waals surface area contributed by atoms with Gasteiger partial charge in [-0.15, -0.1) is 0 Å². The van der Waals surface area contributed by atoms with Crippen LogP contribution in [-0.4, -0.2) is 30.7 Å². The van der Waals surface area contributed by atoms with Crippen LogP contribution in [0.4, 0.5) is 20.4 Å². The maximum Gasteiger partial charge on any atom is 0.314 e. The molecule has 178 valence electrons. The smallest absolute Gasteiger partial charge is 0.314 e. The molecule has 8 nitrogen and oxygen atoms in total. The molecule has 1 N–H and O–H groups in total. The first kappa shape index (κ1) is 22.6. The van der Waals surface area contributed by atoms with E-state index in [9.17, 15) is 13.6 Å². The molecule has 0 aliphatic heterocycles. The number of anilines is 2. The highest BCUT2D eigenvalue weighted by Crippen LogP contribution is 2.33. The average Bonchev–Trinajstić information content (AvgIpc) is 3.64. The predicted molar refractivity (Wildman–Crippen MR) is 125 cm³/mol. The Balaban J connectivity index is 1.34. The highest BCUT2D eigenvalue weighted by Gasteiger charge is 2.31. The standard InChI is InChI=1S/C25H22F2N6O2/c1-25(26,27)21-13-28-14-22(31-21)32-23-19(12-30-33(23)2)20-10-7-17(11-29-20)15-5-8-18(9-6-15)35-24(34)16-3-4-16/h5-14,16H,3-4H2,1-2H3,(H,31,32). The number of pyridine rings is 1. The number of nitrogens with one attached hydrogen (secondary N) is 1. The van der Waals surface area contributed by atoms with Crippen LogP contribution in [0.3, 0.4) is 0 Å². The first-order valence-corrected chi connectivity index (χ1v) is 11.1. The van der Waals surface area contributed by atoms with E-state index in [-0.39, 0.29) is 17.7 Å². The van der Waals surface area contributed by atoms with Gasteiger partial charge < -0.3 is 10.1 Å². The topological polar surface area (TPSA) is 94.8 Å². The molecule has 1 aliphatic rings. The molecule has 0 radical (unpaired) electrons. The monoisotopic (exact) mass is 476 g/mol. The van der Waals surface area contributed by atoms with Crippen LogP contribution in [0.15, 0.2) is 61.2 Å². The minimum Gasteiger partial charge on any atom is -0.426 e. The van der Waals surface area contributed by atoms with E-state index in [1.54, 1.807) is 36.3 Å². The Hall–Kier alpha value is -4.21. The van der Waals surface area contributed by atoms with Crippen LogP contribution in [-0.2, 0) is 17.8 Å². The van der Waals surface area contributed by atoms with Gasteiger partial charge in [0.05, 0.1) is 35.8 Å². The van der Waals surface area contributed by atoms with E-state index in [2.05, 4.69) is 25.4 Å². The Bertz CT molecular complexity index is 1360. The quantitative estimate of drug-likeness (QED) is 0.293. The van der Waals surface area contributed by atoms with Crippen molar-refractivity contribution in [1.29, 1.82) is 0 Å². The number of aromatic nitrogens is 5. The van der Waals surface area contributed by atoms with Gasteiger partial charge in [-0.1, -0.05) is 18.2 Å². The molecule has 5 rings (SSSR count). The summed E-state index contributed by atoms with van der Waals surface area (Å²) in [5.41, 5.74) is 2.70. The second-order valence-electron chi connectivity index (χ2n) is 8.49. The third-order valence-corrected chi connectivity index (χ3v) is 5.63. The second kappa shape index (κ2) is 8.86. The zero-order valence-corrected chi connectivity index (χ0v) is 19.1. The number of esters is 1. The van der Waals surface area contributed by atoms with E-state index < -0.39 is 11.6 Å². The van der Waals surface area contributed by atoms with Crippen LogP contribution in [0.5, 0.6) is 5.75 Å². The van der Waals surface area contributed by atoms with Crippen molar-refractivity contribution >= 4 is 17.6 Å². The van der Waals surface area contributed by atoms with Gasteiger partial charge in [0.15, 0.2) is 5.82 Å². The summed E-state index contributed by atoms with van der Waals surface area (Å²) in [7, 11) is 1.73. The number of halogens is 2. The fourth-order valence-electron chi connectivity index (χ4n) is 3.49. The molecule has 1 aliphatic carbocycles. The zero-order valence-electron chi connectivity index (χ0n) is 19.1. The molecule has 0 amide bonds. The summed E-state index contributed by atoms with van der Waals surface area (Å²) < 4.78 is 34.2. The van der Waals surface area contributed by atoms with Gasteiger partial charge >= 0.3 is 5.97 Å². The van der Waals surface area contributed by atoms with Gasteiger partial charge in [-0.3, -0.25) is 19.4 Å². The number of aryl methyl sites for hydroxylation is 1. The van der Waals surface area contributed by atoms with Crippen LogP contribution >= 0.6 is 0 Å². The van der Waals surface area contributed by atoms with Gasteiger partial charge in [0.2, 0.25) is 0 Å². The van der Waals surface area contributed by atoms with Gasteiger partial charge in [-0.05, 0) is 36.6 Å². The molecule has 10 heteroatoms. The Morgan fingerprint density at radius 3 is 2.46 bits per heavy atom. The van der Waals surface area contributed by atoms with E-state index in [4.69, 9.17) is 4.74 Å². The lowest BCUT2D eigenvalue weighted by Gasteiger charge is -2.12. The molecule has 4 aromatic rings. The lowest BCUT2D eigenvalue weighted by molar-refractivity contribution is -0.135. The summed E-state index contributed by atoms with van der Waals surface area (Å²) in [4.78, 5) is 24.2. The van der Waals surface area contributed by atoms with Gasteiger partial charge in [-0.25, -0.2) is 4.98 Å². The van der Waals surface area contributed by atoms with Crippen molar-refractivity contribution in [2.75, 3.05) is 5.32 Å². The molecule has 1 aromatic carbocycles. The molecule has 0 bridgehead atoms. The molecule has 35 heavy (non-hydrogen) atoms. The normalized spacial score (nSPS) is 13.5. The number of benzene rings is 1. The highest BCUT2D eigenvalue weighted by atomic mass is 19.3. The fraction of sp³-hybridized carbons (Fsp3) is 0.240. The number of hydrogen-bond donors (Lipinski definition) is 1. The van der Waals surface area contributed by atoms with Crippen LogP contribution in [0.25, 0.3) is 22.4 Å². The summed E-state index contributed by atoms with van der Waals surface area (Å²) in [5, 5.41) is 7.29. The first-order chi connectivity index (χ1) is 16.8. The number of alkyl halides is 2. The van der Waals surface area contributed by atoms with Gasteiger partial charge in [0.1, 0.15) is 17.3 Å². The summed E-state index contributed by atoms with van der Waals surface area (Å²) >= 11 is 0. The minimum absolute atomic E-state index is 0.0434. The Labute approximate surface area is 200 Å². The Kier molecular flexibility index (Phi) is 5.72. The molecule has 0 unspecified atom stereocenters. The molecule has 3 aromatic heterocycles. The van der Waals surface area contributed by atoms with Crippen molar-refractivity contribution in [2.45, 2.75) is 25.7 Å². The predicted octanol–water partition coefficient (Wildman–Crippen LogP) is 5.11. The molecule has 0 saturated heterocycles. The fourth-order valence-corrected chi connectivity index (χ4v) is 3.49. The van der Waals surface area contributed by atoms with E-state index in [0.29, 0.717) is 22.8 Å². The Morgan fingerprint density at radius 1 is 1.06 bits per heavy atom. The average molecular weight is 476 g/mol. The lowest BCUT2D eigenvalue weighted by Crippen LogP contribution is -2.12. The van der Waals surface area contributed by atoms with Gasteiger partial charge in [0.25, 0.3) is 5.92 Å². The molecule has 0 spiro atoms. The van der Waals surface area contributed by atoms with Crippen molar-refractivity contribution in [2.24, 2.45) is 13.0 Å². The van der Waals surface area contributed by atoms with E-state index in [0.717, 1.165) is 37.1 Å². The van der Waals surface area contributed by atoms with E-state index in [1.165, 1.54) is 6.20 Å². The van der Waals surface area contributed by atoms with Crippen molar-refractivity contribution in [1.82, 2.24) is 24.7 Å². The van der Waals surface area contributed by atoms with Crippen molar-refractivity contribution in [3.63, 3.8) is 0 Å². The van der Waals surface area contributed by atoms with Gasteiger partial charge in [0, 0.05) is 25.7 Å². The first-order valence-electron chi connectivity index (χ1n) is 11.1. The lowest BCUT2D eigenvalue weighted by atomic mass is 10.1. The maximum atomic E-state index is 13.6. The molecule has 0 atom stereocenters. The van der Waals surface area contributed by atoms with Crippen LogP contribution < -0.4 is 10.1 Å². The molecular formula is C25H22F2N6O2. The minimum atomic E-state index is -3.10. The van der Waals surface area contributed by atoms with Gasteiger partial charge in [-0.2, -0.15) is 13.9 Å². The van der Waals surface area contributed by atoms with Crippen molar-refractivity contribution in [3.05, 3.63) is 66.9 Å². The van der Waals surface area contributed by atoms with Crippen LogP contribution in [0.1, 0.15) is 25.5 Å². The van der Waals surface area contributed by atoms with E-state index in [1.807, 2.05) is 24.3 Å². The van der Waals surface area contributed by atoms with Crippen LogP contribution in [0.2, 0.25) is 0 Å². The number of carbonyl (C=O) groups excluding carboxylic acids is 1. The SMILES string of the molecule is Cn1ncc(-c2ccc(-c3ccc(OC(=O)C4CC4)cc3)cn2)c1Nc1cncc(C(C)(F)F)n1. The third kappa shape index (κ3) is 5.01. The van der Waals surface area contributed by atoms with Crippen molar-refractivity contribution < 1.29 is 18.3 Å².